The van der Waals surface area contributed by atoms with Crippen LogP contribution >= 0.6 is 0 Å². The van der Waals surface area contributed by atoms with E-state index >= 15 is 0 Å². The molecule has 82 valence electrons. The van der Waals surface area contributed by atoms with Gasteiger partial charge in [-0.25, -0.2) is 0 Å². The van der Waals surface area contributed by atoms with Crippen LogP contribution in [-0.2, 0) is 6.42 Å². The SMILES string of the molecule is CCCCCCc1ccncc1C(C)=O. The van der Waals surface area contributed by atoms with Crippen LogP contribution in [0.25, 0.3) is 0 Å². The number of hydrogen-bond donors (Lipinski definition) is 0. The summed E-state index contributed by atoms with van der Waals surface area (Å²) in [6.45, 7) is 3.81. The van der Waals surface area contributed by atoms with Crippen molar-refractivity contribution in [3.8, 4) is 0 Å². The van der Waals surface area contributed by atoms with Crippen molar-refractivity contribution in [3.63, 3.8) is 0 Å². The van der Waals surface area contributed by atoms with Gasteiger partial charge in [-0.05, 0) is 31.4 Å². The Balaban J connectivity index is 2.56. The number of carbonyl (C=O) groups excluding carboxylic acids is 1. The second-order valence-corrected chi connectivity index (χ2v) is 3.90. The fourth-order valence-corrected chi connectivity index (χ4v) is 1.70. The number of aromatic nitrogens is 1. The molecule has 0 aliphatic carbocycles. The number of pyridine rings is 1. The molecule has 0 amide bonds. The van der Waals surface area contributed by atoms with Crippen LogP contribution in [0.3, 0.4) is 0 Å². The van der Waals surface area contributed by atoms with Gasteiger partial charge in [0.15, 0.2) is 5.78 Å². The monoisotopic (exact) mass is 205 g/mol. The van der Waals surface area contributed by atoms with Crippen LogP contribution < -0.4 is 0 Å². The second kappa shape index (κ2) is 6.33. The van der Waals surface area contributed by atoms with Crippen LogP contribution in [-0.4, -0.2) is 10.8 Å². The average molecular weight is 205 g/mol. The molecular formula is C13H19NO. The van der Waals surface area contributed by atoms with Crippen molar-refractivity contribution >= 4 is 5.78 Å². The Morgan fingerprint density at radius 1 is 1.33 bits per heavy atom. The van der Waals surface area contributed by atoms with E-state index in [9.17, 15) is 4.79 Å². The third-order valence-electron chi connectivity index (χ3n) is 2.59. The van der Waals surface area contributed by atoms with Crippen LogP contribution in [0.5, 0.6) is 0 Å². The molecule has 15 heavy (non-hydrogen) atoms. The van der Waals surface area contributed by atoms with Gasteiger partial charge in [-0.2, -0.15) is 0 Å². The minimum absolute atomic E-state index is 0.119. The number of hydrogen-bond acceptors (Lipinski definition) is 2. The third kappa shape index (κ3) is 3.82. The number of rotatable bonds is 6. The summed E-state index contributed by atoms with van der Waals surface area (Å²) in [5.41, 5.74) is 1.93. The summed E-state index contributed by atoms with van der Waals surface area (Å²) in [6, 6.07) is 1.96. The van der Waals surface area contributed by atoms with E-state index in [4.69, 9.17) is 0 Å². The minimum Gasteiger partial charge on any atom is -0.294 e. The smallest absolute Gasteiger partial charge is 0.161 e. The lowest BCUT2D eigenvalue weighted by molar-refractivity contribution is 0.101. The van der Waals surface area contributed by atoms with E-state index in [0.717, 1.165) is 24.0 Å². The van der Waals surface area contributed by atoms with Crippen molar-refractivity contribution < 1.29 is 4.79 Å². The molecule has 0 aliphatic heterocycles. The topological polar surface area (TPSA) is 30.0 Å². The summed E-state index contributed by atoms with van der Waals surface area (Å²) in [4.78, 5) is 15.3. The largest absolute Gasteiger partial charge is 0.294 e. The normalized spacial score (nSPS) is 10.3. The molecule has 0 radical (unpaired) electrons. The summed E-state index contributed by atoms with van der Waals surface area (Å²) in [6.07, 6.45) is 9.38. The van der Waals surface area contributed by atoms with Gasteiger partial charge in [-0.1, -0.05) is 26.2 Å². The van der Waals surface area contributed by atoms with Gasteiger partial charge in [-0.15, -0.1) is 0 Å². The van der Waals surface area contributed by atoms with E-state index in [1.165, 1.54) is 19.3 Å². The van der Waals surface area contributed by atoms with Crippen molar-refractivity contribution in [1.82, 2.24) is 4.98 Å². The molecule has 0 saturated heterocycles. The Hall–Kier alpha value is -1.18. The Morgan fingerprint density at radius 2 is 2.13 bits per heavy atom. The number of unbranched alkanes of at least 4 members (excludes halogenated alkanes) is 3. The molecule has 0 fully saturated rings. The molecule has 0 unspecified atom stereocenters. The fourth-order valence-electron chi connectivity index (χ4n) is 1.70. The van der Waals surface area contributed by atoms with Crippen molar-refractivity contribution in [3.05, 3.63) is 29.6 Å². The average Bonchev–Trinajstić information content (AvgIpc) is 2.25. The highest BCUT2D eigenvalue weighted by Crippen LogP contribution is 2.12. The zero-order chi connectivity index (χ0) is 11.1. The quantitative estimate of drug-likeness (QED) is 0.526. The highest BCUT2D eigenvalue weighted by molar-refractivity contribution is 5.95. The Labute approximate surface area is 91.7 Å². The zero-order valence-corrected chi connectivity index (χ0v) is 9.62. The summed E-state index contributed by atoms with van der Waals surface area (Å²) >= 11 is 0. The molecule has 1 aromatic heterocycles. The third-order valence-corrected chi connectivity index (χ3v) is 2.59. The van der Waals surface area contributed by atoms with Crippen LogP contribution in [0.2, 0.25) is 0 Å². The van der Waals surface area contributed by atoms with E-state index in [-0.39, 0.29) is 5.78 Å². The predicted molar refractivity (Wildman–Crippen MR) is 62.1 cm³/mol. The maximum atomic E-state index is 11.3. The lowest BCUT2D eigenvalue weighted by Gasteiger charge is -2.05. The Kier molecular flexibility index (Phi) is 5.02. The molecule has 2 nitrogen and oxygen atoms in total. The lowest BCUT2D eigenvalue weighted by Crippen LogP contribution is -2.00. The zero-order valence-electron chi connectivity index (χ0n) is 9.62. The van der Waals surface area contributed by atoms with E-state index in [2.05, 4.69) is 11.9 Å². The summed E-state index contributed by atoms with van der Waals surface area (Å²) in [5.74, 6) is 0.119. The van der Waals surface area contributed by atoms with E-state index < -0.39 is 0 Å². The number of aryl methyl sites for hydroxylation is 1. The summed E-state index contributed by atoms with van der Waals surface area (Å²) in [5, 5.41) is 0. The number of carbonyl (C=O) groups is 1. The molecule has 1 aromatic rings. The fraction of sp³-hybridized carbons (Fsp3) is 0.538. The highest BCUT2D eigenvalue weighted by atomic mass is 16.1. The molecule has 1 heterocycles. The predicted octanol–water partition coefficient (Wildman–Crippen LogP) is 3.41. The lowest BCUT2D eigenvalue weighted by atomic mass is 10.0. The molecule has 0 saturated carbocycles. The molecule has 0 aromatic carbocycles. The van der Waals surface area contributed by atoms with Crippen molar-refractivity contribution in [1.29, 1.82) is 0 Å². The number of Topliss-reactive ketones (excluding diaryl/α,β-unsaturated/α-hetero) is 1. The van der Waals surface area contributed by atoms with Crippen molar-refractivity contribution in [2.45, 2.75) is 46.0 Å². The van der Waals surface area contributed by atoms with Crippen LogP contribution in [0.4, 0.5) is 0 Å². The first-order valence-electron chi connectivity index (χ1n) is 5.69. The molecular weight excluding hydrogens is 186 g/mol. The summed E-state index contributed by atoms with van der Waals surface area (Å²) < 4.78 is 0. The maximum absolute atomic E-state index is 11.3. The standard InChI is InChI=1S/C13H19NO/c1-3-4-5-6-7-12-8-9-14-10-13(12)11(2)15/h8-10H,3-7H2,1-2H3. The molecule has 1 rings (SSSR count). The maximum Gasteiger partial charge on any atom is 0.161 e. The van der Waals surface area contributed by atoms with Gasteiger partial charge in [0.2, 0.25) is 0 Å². The number of ketones is 1. The van der Waals surface area contributed by atoms with Gasteiger partial charge in [0.1, 0.15) is 0 Å². The van der Waals surface area contributed by atoms with Gasteiger partial charge in [0.05, 0.1) is 0 Å². The molecule has 0 aliphatic rings. The minimum atomic E-state index is 0.119. The second-order valence-electron chi connectivity index (χ2n) is 3.90. The van der Waals surface area contributed by atoms with Gasteiger partial charge >= 0.3 is 0 Å². The first-order valence-corrected chi connectivity index (χ1v) is 5.69. The summed E-state index contributed by atoms with van der Waals surface area (Å²) in [7, 11) is 0. The first kappa shape index (κ1) is 11.9. The van der Waals surface area contributed by atoms with Crippen LogP contribution in [0, 0.1) is 0 Å². The van der Waals surface area contributed by atoms with Crippen LogP contribution in [0.1, 0.15) is 55.5 Å². The van der Waals surface area contributed by atoms with Gasteiger partial charge in [0, 0.05) is 18.0 Å². The Bertz CT molecular complexity index is 320. The highest BCUT2D eigenvalue weighted by Gasteiger charge is 2.05. The molecule has 0 spiro atoms. The molecule has 2 heteroatoms. The molecule has 0 atom stereocenters. The first-order chi connectivity index (χ1) is 7.25. The van der Waals surface area contributed by atoms with E-state index in [0.29, 0.717) is 0 Å². The van der Waals surface area contributed by atoms with Gasteiger partial charge in [0.25, 0.3) is 0 Å². The van der Waals surface area contributed by atoms with Crippen molar-refractivity contribution in [2.24, 2.45) is 0 Å². The van der Waals surface area contributed by atoms with E-state index in [1.807, 2.05) is 6.07 Å². The molecule has 0 N–H and O–H groups in total. The van der Waals surface area contributed by atoms with E-state index in [1.54, 1.807) is 19.3 Å². The van der Waals surface area contributed by atoms with Gasteiger partial charge < -0.3 is 0 Å². The number of nitrogens with zero attached hydrogens (tertiary/aromatic N) is 1. The van der Waals surface area contributed by atoms with Crippen molar-refractivity contribution in [2.75, 3.05) is 0 Å². The molecule has 0 bridgehead atoms. The van der Waals surface area contributed by atoms with Gasteiger partial charge in [-0.3, -0.25) is 9.78 Å². The Morgan fingerprint density at radius 3 is 2.80 bits per heavy atom. The van der Waals surface area contributed by atoms with Crippen LogP contribution in [0.15, 0.2) is 18.5 Å².